The lowest BCUT2D eigenvalue weighted by Gasteiger charge is -2.22. The summed E-state index contributed by atoms with van der Waals surface area (Å²) in [6.07, 6.45) is 0. The van der Waals surface area contributed by atoms with Crippen molar-refractivity contribution in [1.82, 2.24) is 0 Å². The molecular formula is C21H28ClFN2O3+2. The number of nitrogens with one attached hydrogen (secondary N) is 1. The lowest BCUT2D eigenvalue weighted by molar-refractivity contribution is -0.920. The SMILES string of the molecule is COc1cc(C[NH2+]CC[NH+]2CCOCC2)ccc1OCc1c(F)cccc1Cl. The molecule has 152 valence electrons. The molecule has 2 aromatic carbocycles. The Morgan fingerprint density at radius 2 is 2.00 bits per heavy atom. The first-order valence-corrected chi connectivity index (χ1v) is 10.0. The summed E-state index contributed by atoms with van der Waals surface area (Å²) in [6, 6.07) is 10.4. The van der Waals surface area contributed by atoms with Crippen LogP contribution in [-0.4, -0.2) is 46.5 Å². The van der Waals surface area contributed by atoms with E-state index in [0.29, 0.717) is 22.1 Å². The van der Waals surface area contributed by atoms with Crippen molar-refractivity contribution in [2.24, 2.45) is 0 Å². The fourth-order valence-electron chi connectivity index (χ4n) is 3.26. The van der Waals surface area contributed by atoms with Crippen molar-refractivity contribution in [2.45, 2.75) is 13.2 Å². The molecule has 3 rings (SSSR count). The van der Waals surface area contributed by atoms with Gasteiger partial charge < -0.3 is 24.4 Å². The van der Waals surface area contributed by atoms with E-state index in [1.807, 2.05) is 18.2 Å². The van der Waals surface area contributed by atoms with E-state index in [2.05, 4.69) is 5.32 Å². The Morgan fingerprint density at radius 3 is 2.75 bits per heavy atom. The summed E-state index contributed by atoms with van der Waals surface area (Å²) in [5.74, 6) is 0.834. The fraction of sp³-hybridized carbons (Fsp3) is 0.429. The van der Waals surface area contributed by atoms with Crippen LogP contribution >= 0.6 is 11.6 Å². The van der Waals surface area contributed by atoms with Crippen molar-refractivity contribution in [3.63, 3.8) is 0 Å². The number of benzene rings is 2. The fourth-order valence-corrected chi connectivity index (χ4v) is 3.48. The highest BCUT2D eigenvalue weighted by atomic mass is 35.5. The van der Waals surface area contributed by atoms with Crippen LogP contribution in [0.2, 0.25) is 5.02 Å². The minimum Gasteiger partial charge on any atom is -0.493 e. The van der Waals surface area contributed by atoms with Crippen LogP contribution in [0.1, 0.15) is 11.1 Å². The number of hydrogen-bond acceptors (Lipinski definition) is 3. The van der Waals surface area contributed by atoms with Gasteiger partial charge in [-0.25, -0.2) is 4.39 Å². The van der Waals surface area contributed by atoms with Crippen molar-refractivity contribution >= 4 is 11.6 Å². The van der Waals surface area contributed by atoms with Gasteiger partial charge >= 0.3 is 0 Å². The molecule has 2 aromatic rings. The second-order valence-electron chi connectivity index (χ2n) is 6.87. The maximum absolute atomic E-state index is 13.9. The Balaban J connectivity index is 1.51. The third-order valence-corrected chi connectivity index (χ3v) is 5.30. The maximum atomic E-state index is 13.9. The van der Waals surface area contributed by atoms with Gasteiger partial charge in [-0.15, -0.1) is 0 Å². The number of nitrogens with two attached hydrogens (primary N) is 1. The van der Waals surface area contributed by atoms with E-state index in [0.717, 1.165) is 51.5 Å². The summed E-state index contributed by atoms with van der Waals surface area (Å²) in [5.41, 5.74) is 1.50. The summed E-state index contributed by atoms with van der Waals surface area (Å²) < 4.78 is 30.5. The first-order valence-electron chi connectivity index (χ1n) is 9.63. The molecule has 1 fully saturated rings. The van der Waals surface area contributed by atoms with Gasteiger partial charge in [0, 0.05) is 11.1 Å². The van der Waals surface area contributed by atoms with Gasteiger partial charge in [0.15, 0.2) is 11.5 Å². The molecule has 5 nitrogen and oxygen atoms in total. The van der Waals surface area contributed by atoms with E-state index >= 15 is 0 Å². The third kappa shape index (κ3) is 5.82. The van der Waals surface area contributed by atoms with Gasteiger partial charge in [-0.3, -0.25) is 0 Å². The van der Waals surface area contributed by atoms with Crippen LogP contribution in [0.25, 0.3) is 0 Å². The minimum absolute atomic E-state index is 0.0513. The molecule has 0 spiro atoms. The molecule has 7 heteroatoms. The van der Waals surface area contributed by atoms with Crippen molar-refractivity contribution in [3.8, 4) is 11.5 Å². The minimum atomic E-state index is -0.375. The molecule has 1 aliphatic heterocycles. The van der Waals surface area contributed by atoms with Crippen LogP contribution in [0, 0.1) is 5.82 Å². The molecule has 0 radical (unpaired) electrons. The van der Waals surface area contributed by atoms with E-state index in [9.17, 15) is 4.39 Å². The molecule has 0 saturated carbocycles. The number of quaternary nitrogens is 2. The average molecular weight is 411 g/mol. The second kappa shape index (κ2) is 10.6. The molecule has 1 aliphatic rings. The van der Waals surface area contributed by atoms with Crippen LogP contribution in [0.3, 0.4) is 0 Å². The first-order chi connectivity index (χ1) is 13.7. The third-order valence-electron chi connectivity index (χ3n) is 4.94. The molecule has 1 saturated heterocycles. The highest BCUT2D eigenvalue weighted by Crippen LogP contribution is 2.30. The van der Waals surface area contributed by atoms with E-state index < -0.39 is 0 Å². The predicted octanol–water partition coefficient (Wildman–Crippen LogP) is 1.05. The average Bonchev–Trinajstić information content (AvgIpc) is 2.72. The quantitative estimate of drug-likeness (QED) is 0.607. The Hall–Kier alpha value is -1.86. The number of morpholine rings is 1. The molecule has 0 amide bonds. The molecule has 0 aromatic heterocycles. The van der Waals surface area contributed by atoms with E-state index in [1.165, 1.54) is 6.07 Å². The van der Waals surface area contributed by atoms with Crippen molar-refractivity contribution < 1.29 is 28.8 Å². The Labute approximate surface area is 170 Å². The normalized spacial score (nSPS) is 14.8. The molecule has 28 heavy (non-hydrogen) atoms. The zero-order chi connectivity index (χ0) is 19.8. The molecule has 0 atom stereocenters. The van der Waals surface area contributed by atoms with Crippen molar-refractivity contribution in [3.05, 3.63) is 58.4 Å². The topological polar surface area (TPSA) is 48.7 Å². The Bertz CT molecular complexity index is 749. The van der Waals surface area contributed by atoms with E-state index in [4.69, 9.17) is 25.8 Å². The van der Waals surface area contributed by atoms with Gasteiger partial charge in [0.1, 0.15) is 45.1 Å². The van der Waals surface area contributed by atoms with Crippen LogP contribution in [0.4, 0.5) is 4.39 Å². The number of ether oxygens (including phenoxy) is 3. The summed E-state index contributed by atoms with van der Waals surface area (Å²) >= 11 is 6.06. The lowest BCUT2D eigenvalue weighted by atomic mass is 10.2. The zero-order valence-corrected chi connectivity index (χ0v) is 16.9. The Morgan fingerprint density at radius 1 is 1.18 bits per heavy atom. The highest BCUT2D eigenvalue weighted by molar-refractivity contribution is 6.31. The van der Waals surface area contributed by atoms with Crippen LogP contribution in [0.15, 0.2) is 36.4 Å². The van der Waals surface area contributed by atoms with Gasteiger partial charge in [-0.2, -0.15) is 0 Å². The largest absolute Gasteiger partial charge is 0.493 e. The standard InChI is InChI=1S/C21H26ClFN2O3/c1-26-21-13-16(14-24-7-8-25-9-11-27-12-10-25)5-6-20(21)28-15-17-18(22)3-2-4-19(17)23/h2-6,13,24H,7-12,14-15H2,1H3/p+2. The van der Waals surface area contributed by atoms with Gasteiger partial charge in [0.2, 0.25) is 0 Å². The summed E-state index contributed by atoms with van der Waals surface area (Å²) in [4.78, 5) is 1.61. The zero-order valence-electron chi connectivity index (χ0n) is 16.2. The monoisotopic (exact) mass is 410 g/mol. The molecule has 3 N–H and O–H groups in total. The summed E-state index contributed by atoms with van der Waals surface area (Å²) in [7, 11) is 1.60. The maximum Gasteiger partial charge on any atom is 0.161 e. The highest BCUT2D eigenvalue weighted by Gasteiger charge is 2.14. The molecule has 1 heterocycles. The first kappa shape index (κ1) is 20.9. The summed E-state index contributed by atoms with van der Waals surface area (Å²) in [6.45, 7) is 7.07. The van der Waals surface area contributed by atoms with Crippen molar-refractivity contribution in [2.75, 3.05) is 46.5 Å². The van der Waals surface area contributed by atoms with Crippen LogP contribution in [-0.2, 0) is 17.9 Å². The second-order valence-corrected chi connectivity index (χ2v) is 7.28. The van der Waals surface area contributed by atoms with E-state index in [-0.39, 0.29) is 12.4 Å². The van der Waals surface area contributed by atoms with Crippen LogP contribution in [0.5, 0.6) is 11.5 Å². The number of halogens is 2. The predicted molar refractivity (Wildman–Crippen MR) is 106 cm³/mol. The molecular weight excluding hydrogens is 383 g/mol. The molecule has 0 aliphatic carbocycles. The number of hydrogen-bond donors (Lipinski definition) is 2. The lowest BCUT2D eigenvalue weighted by Crippen LogP contribution is -3.16. The van der Waals surface area contributed by atoms with Crippen LogP contribution < -0.4 is 19.7 Å². The Kier molecular flexibility index (Phi) is 7.91. The summed E-state index contributed by atoms with van der Waals surface area (Å²) in [5, 5.41) is 2.66. The van der Waals surface area contributed by atoms with Crippen molar-refractivity contribution in [1.29, 1.82) is 0 Å². The molecule has 0 bridgehead atoms. The molecule has 0 unspecified atom stereocenters. The number of methoxy groups -OCH3 is 1. The van der Waals surface area contributed by atoms with E-state index in [1.54, 1.807) is 24.1 Å². The van der Waals surface area contributed by atoms with Gasteiger partial charge in [-0.1, -0.05) is 17.7 Å². The smallest absolute Gasteiger partial charge is 0.161 e. The van der Waals surface area contributed by atoms with Gasteiger partial charge in [-0.05, 0) is 30.3 Å². The number of rotatable bonds is 9. The van der Waals surface area contributed by atoms with Gasteiger partial charge in [0.25, 0.3) is 0 Å². The van der Waals surface area contributed by atoms with Gasteiger partial charge in [0.05, 0.1) is 25.3 Å².